The fraction of sp³-hybridized carbons (Fsp3) is 0.455. The zero-order chi connectivity index (χ0) is 7.97. The Labute approximate surface area is 73.0 Å². The van der Waals surface area contributed by atoms with Crippen molar-refractivity contribution in [1.29, 1.82) is 0 Å². The molecule has 1 aromatic carbocycles. The molecular weight excluding hydrogens is 146 g/mol. The number of rotatable bonds is 1. The predicted molar refractivity (Wildman–Crippen MR) is 49.1 cm³/mol. The predicted octanol–water partition coefficient (Wildman–Crippen LogP) is 1.72. The molecule has 1 unspecified atom stereocenters. The third-order valence-electron chi connectivity index (χ3n) is 3.24. The molecule has 0 aromatic heterocycles. The summed E-state index contributed by atoms with van der Waals surface area (Å²) in [5.41, 5.74) is 1.54. The second-order valence-corrected chi connectivity index (χ2v) is 4.00. The molecule has 3 saturated heterocycles. The van der Waals surface area contributed by atoms with Crippen molar-refractivity contribution < 1.29 is 0 Å². The van der Waals surface area contributed by atoms with E-state index in [9.17, 15) is 0 Å². The molecule has 12 heavy (non-hydrogen) atoms. The average Bonchev–Trinajstić information content (AvgIpc) is 2.62. The summed E-state index contributed by atoms with van der Waals surface area (Å²) in [6.07, 6.45) is 0. The zero-order valence-electron chi connectivity index (χ0n) is 7.11. The minimum atomic E-state index is 0.839. The van der Waals surface area contributed by atoms with Crippen molar-refractivity contribution in [3.8, 4) is 0 Å². The minimum absolute atomic E-state index is 0.839. The van der Waals surface area contributed by atoms with Crippen LogP contribution in [0.2, 0.25) is 0 Å². The van der Waals surface area contributed by atoms with Gasteiger partial charge in [-0.05, 0) is 11.5 Å². The van der Waals surface area contributed by atoms with E-state index in [0.717, 1.165) is 11.8 Å². The van der Waals surface area contributed by atoms with Gasteiger partial charge in [0.15, 0.2) is 0 Å². The normalized spacial score (nSPS) is 37.8. The highest BCUT2D eigenvalue weighted by Gasteiger charge is 2.42. The van der Waals surface area contributed by atoms with Crippen LogP contribution in [-0.4, -0.2) is 24.5 Å². The van der Waals surface area contributed by atoms with Gasteiger partial charge in [0.1, 0.15) is 0 Å². The minimum Gasteiger partial charge on any atom is -0.302 e. The largest absolute Gasteiger partial charge is 0.302 e. The van der Waals surface area contributed by atoms with E-state index in [0.29, 0.717) is 0 Å². The van der Waals surface area contributed by atoms with E-state index in [1.165, 1.54) is 19.6 Å². The first-order valence-corrected chi connectivity index (χ1v) is 4.71. The van der Waals surface area contributed by atoms with Crippen LogP contribution in [0.15, 0.2) is 30.3 Å². The molecule has 1 nitrogen and oxygen atoms in total. The molecule has 1 heteroatoms. The first kappa shape index (κ1) is 6.67. The average molecular weight is 159 g/mol. The highest BCUT2D eigenvalue weighted by Crippen LogP contribution is 2.40. The van der Waals surface area contributed by atoms with E-state index in [1.807, 2.05) is 0 Å². The lowest BCUT2D eigenvalue weighted by atomic mass is 9.89. The van der Waals surface area contributed by atoms with Crippen LogP contribution in [0.1, 0.15) is 11.5 Å². The van der Waals surface area contributed by atoms with Crippen molar-refractivity contribution in [2.45, 2.75) is 5.92 Å². The molecule has 3 aliphatic rings. The van der Waals surface area contributed by atoms with Crippen molar-refractivity contribution in [2.24, 2.45) is 5.92 Å². The number of nitrogens with zero attached hydrogens (tertiary/aromatic N) is 1. The maximum Gasteiger partial charge on any atom is 0.00542 e. The standard InChI is InChI=1S/C11H13N/c1-2-4-9(5-3-1)11-8-12-6-10(11)7-12/h1-5,10-11H,6-8H2. The summed E-state index contributed by atoms with van der Waals surface area (Å²) in [5, 5.41) is 0. The smallest absolute Gasteiger partial charge is 0.00542 e. The van der Waals surface area contributed by atoms with E-state index < -0.39 is 0 Å². The summed E-state index contributed by atoms with van der Waals surface area (Å²) < 4.78 is 0. The van der Waals surface area contributed by atoms with Crippen LogP contribution in [0.4, 0.5) is 0 Å². The molecular formula is C11H13N. The molecule has 1 atom stereocenters. The lowest BCUT2D eigenvalue weighted by molar-refractivity contribution is 0.208. The van der Waals surface area contributed by atoms with Crippen molar-refractivity contribution in [2.75, 3.05) is 19.6 Å². The Balaban J connectivity index is 1.90. The fourth-order valence-corrected chi connectivity index (χ4v) is 2.52. The molecule has 0 radical (unpaired) electrons. The molecule has 2 bridgehead atoms. The van der Waals surface area contributed by atoms with Gasteiger partial charge in [-0.2, -0.15) is 0 Å². The second kappa shape index (κ2) is 2.33. The molecule has 0 aliphatic carbocycles. The van der Waals surface area contributed by atoms with Crippen LogP contribution in [0.5, 0.6) is 0 Å². The van der Waals surface area contributed by atoms with Crippen LogP contribution >= 0.6 is 0 Å². The molecule has 3 fully saturated rings. The molecule has 0 spiro atoms. The molecule has 3 heterocycles. The van der Waals surface area contributed by atoms with Gasteiger partial charge in [-0.3, -0.25) is 0 Å². The molecule has 4 rings (SSSR count). The summed E-state index contributed by atoms with van der Waals surface area (Å²) in [5.74, 6) is 1.80. The fourth-order valence-electron chi connectivity index (χ4n) is 2.52. The highest BCUT2D eigenvalue weighted by atomic mass is 15.2. The number of hydrogen-bond acceptors (Lipinski definition) is 1. The second-order valence-electron chi connectivity index (χ2n) is 4.00. The SMILES string of the molecule is c1ccc(C2CN3CC2C3)cc1. The topological polar surface area (TPSA) is 3.24 Å². The monoisotopic (exact) mass is 159 g/mol. The van der Waals surface area contributed by atoms with Gasteiger partial charge < -0.3 is 4.90 Å². The Hall–Kier alpha value is -0.820. The van der Waals surface area contributed by atoms with Gasteiger partial charge in [-0.1, -0.05) is 30.3 Å². The van der Waals surface area contributed by atoms with Gasteiger partial charge in [0.25, 0.3) is 0 Å². The molecule has 62 valence electrons. The maximum absolute atomic E-state index is 2.54. The molecule has 0 N–H and O–H groups in total. The molecule has 0 saturated carbocycles. The first-order valence-electron chi connectivity index (χ1n) is 4.71. The molecule has 0 amide bonds. The quantitative estimate of drug-likeness (QED) is 0.603. The van der Waals surface area contributed by atoms with Crippen molar-refractivity contribution in [3.63, 3.8) is 0 Å². The van der Waals surface area contributed by atoms with Crippen LogP contribution in [0.25, 0.3) is 0 Å². The van der Waals surface area contributed by atoms with Crippen molar-refractivity contribution in [1.82, 2.24) is 4.90 Å². The lowest BCUT2D eigenvalue weighted by Gasteiger charge is -2.27. The Morgan fingerprint density at radius 2 is 1.75 bits per heavy atom. The van der Waals surface area contributed by atoms with E-state index in [-0.39, 0.29) is 0 Å². The Kier molecular flexibility index (Phi) is 1.30. The van der Waals surface area contributed by atoms with Gasteiger partial charge in [0.05, 0.1) is 0 Å². The van der Waals surface area contributed by atoms with Crippen LogP contribution in [-0.2, 0) is 0 Å². The van der Waals surface area contributed by atoms with Crippen molar-refractivity contribution >= 4 is 0 Å². The van der Waals surface area contributed by atoms with E-state index >= 15 is 0 Å². The summed E-state index contributed by atoms with van der Waals surface area (Å²) in [6.45, 7) is 3.99. The molecule has 1 aromatic rings. The van der Waals surface area contributed by atoms with Crippen LogP contribution in [0.3, 0.4) is 0 Å². The Bertz CT molecular complexity index is 274. The summed E-state index contributed by atoms with van der Waals surface area (Å²) in [4.78, 5) is 2.54. The Morgan fingerprint density at radius 1 is 1.00 bits per heavy atom. The number of hydrogen-bond donors (Lipinski definition) is 0. The van der Waals surface area contributed by atoms with E-state index in [4.69, 9.17) is 0 Å². The number of benzene rings is 1. The first-order chi connectivity index (χ1) is 5.93. The summed E-state index contributed by atoms with van der Waals surface area (Å²) in [7, 11) is 0. The van der Waals surface area contributed by atoms with Gasteiger partial charge >= 0.3 is 0 Å². The van der Waals surface area contributed by atoms with Crippen LogP contribution < -0.4 is 0 Å². The van der Waals surface area contributed by atoms with Gasteiger partial charge in [0, 0.05) is 25.6 Å². The number of fused-ring (bicyclic) bond motifs is 1. The third kappa shape index (κ3) is 0.831. The van der Waals surface area contributed by atoms with Gasteiger partial charge in [0.2, 0.25) is 0 Å². The Morgan fingerprint density at radius 3 is 2.33 bits per heavy atom. The highest BCUT2D eigenvalue weighted by molar-refractivity contribution is 5.24. The van der Waals surface area contributed by atoms with Crippen LogP contribution in [0, 0.1) is 5.92 Å². The summed E-state index contributed by atoms with van der Waals surface area (Å²) in [6, 6.07) is 10.9. The van der Waals surface area contributed by atoms with E-state index in [1.54, 1.807) is 5.56 Å². The molecule has 3 aliphatic heterocycles. The maximum atomic E-state index is 2.54. The zero-order valence-corrected chi connectivity index (χ0v) is 7.11. The van der Waals surface area contributed by atoms with E-state index in [2.05, 4.69) is 35.2 Å². The third-order valence-corrected chi connectivity index (χ3v) is 3.24. The lowest BCUT2D eigenvalue weighted by Crippen LogP contribution is -2.36. The van der Waals surface area contributed by atoms with Gasteiger partial charge in [-0.15, -0.1) is 0 Å². The van der Waals surface area contributed by atoms with Crippen molar-refractivity contribution in [3.05, 3.63) is 35.9 Å². The summed E-state index contributed by atoms with van der Waals surface area (Å²) >= 11 is 0. The van der Waals surface area contributed by atoms with Gasteiger partial charge in [-0.25, -0.2) is 0 Å².